The second-order valence-corrected chi connectivity index (χ2v) is 18.6. The number of aromatic amines is 2. The molecule has 0 fully saturated rings. The molecule has 376 valence electrons. The molecule has 4 aromatic carbocycles. The Morgan fingerprint density at radius 2 is 1.38 bits per heavy atom. The largest absolute Gasteiger partial charge is 0.461 e. The molecule has 0 atom stereocenters. The van der Waals surface area contributed by atoms with Crippen LogP contribution in [0.15, 0.2) is 132 Å². The molecule has 0 aliphatic heterocycles. The number of amides is 1. The highest BCUT2D eigenvalue weighted by atomic mass is 35.5. The summed E-state index contributed by atoms with van der Waals surface area (Å²) in [4.78, 5) is 51.5. The number of nitrogens with two attached hydrogens (primary N) is 1. The summed E-state index contributed by atoms with van der Waals surface area (Å²) in [6, 6.07) is 34.4. The molecular weight excluding hydrogens is 1000 g/mol. The minimum absolute atomic E-state index is 0. The predicted octanol–water partition coefficient (Wildman–Crippen LogP) is 12.3. The molecule has 5 heterocycles. The van der Waals surface area contributed by atoms with Crippen LogP contribution in [0.2, 0.25) is 15.1 Å². The molecule has 9 rings (SSSR count). The molecule has 5 N–H and O–H groups in total. The zero-order valence-electron chi connectivity index (χ0n) is 39.9. The molecule has 0 bridgehead atoms. The molecule has 0 unspecified atom stereocenters. The minimum atomic E-state index is -3.96. The molecule has 19 heteroatoms. The van der Waals surface area contributed by atoms with Gasteiger partial charge in [0.25, 0.3) is 15.9 Å². The van der Waals surface area contributed by atoms with E-state index in [1.54, 1.807) is 80.7 Å². The number of aromatic nitrogens is 5. The molecule has 0 spiro atoms. The second kappa shape index (κ2) is 25.2. The Kier molecular flexibility index (Phi) is 19.0. The van der Waals surface area contributed by atoms with Crippen LogP contribution in [0.5, 0.6) is 0 Å². The van der Waals surface area contributed by atoms with Gasteiger partial charge >= 0.3 is 11.9 Å². The van der Waals surface area contributed by atoms with Crippen LogP contribution in [0.3, 0.4) is 0 Å². The number of hydrogen-bond donors (Lipinski definition) is 4. The number of alkyl halides is 1. The third kappa shape index (κ3) is 13.6. The van der Waals surface area contributed by atoms with Gasteiger partial charge in [0.2, 0.25) is 0 Å². The second-order valence-electron chi connectivity index (χ2n) is 15.5. The van der Waals surface area contributed by atoms with E-state index in [-0.39, 0.29) is 36.5 Å². The van der Waals surface area contributed by atoms with Crippen molar-refractivity contribution >= 4 is 101 Å². The first kappa shape index (κ1) is 54.1. The summed E-state index contributed by atoms with van der Waals surface area (Å²) in [5.74, 6) is -0.718. The molecule has 72 heavy (non-hydrogen) atoms. The lowest BCUT2D eigenvalue weighted by molar-refractivity contribution is 0.0510. The lowest BCUT2D eigenvalue weighted by Gasteiger charge is -2.12. The summed E-state index contributed by atoms with van der Waals surface area (Å²) in [5, 5.41) is 7.27. The first-order valence-electron chi connectivity index (χ1n) is 22.5. The summed E-state index contributed by atoms with van der Waals surface area (Å²) in [6.45, 7) is 8.20. The number of halogens is 4. The minimum Gasteiger partial charge on any atom is -0.461 e. The van der Waals surface area contributed by atoms with Crippen molar-refractivity contribution in [2.24, 2.45) is 0 Å². The fourth-order valence-corrected chi connectivity index (χ4v) is 9.55. The van der Waals surface area contributed by atoms with E-state index in [0.717, 1.165) is 54.0 Å². The average Bonchev–Trinajstić information content (AvgIpc) is 4.07. The van der Waals surface area contributed by atoms with Crippen LogP contribution in [-0.4, -0.2) is 70.5 Å². The zero-order chi connectivity index (χ0) is 52.1. The highest BCUT2D eigenvalue weighted by molar-refractivity contribution is 7.90. The van der Waals surface area contributed by atoms with Crippen LogP contribution < -0.4 is 11.1 Å². The normalized spacial score (nSPS) is 10.9. The number of nitrogens with zero attached hydrogens (tertiary/aromatic N) is 3. The molecule has 0 aliphatic carbocycles. The van der Waals surface area contributed by atoms with Gasteiger partial charge in [0.05, 0.1) is 32.2 Å². The van der Waals surface area contributed by atoms with Crippen LogP contribution in [0.4, 0.5) is 10.2 Å². The van der Waals surface area contributed by atoms with Gasteiger partial charge in [-0.1, -0.05) is 60.4 Å². The van der Waals surface area contributed by atoms with Gasteiger partial charge in [-0.3, -0.25) is 14.2 Å². The molecule has 1 amide bonds. The monoisotopic (exact) mass is 1060 g/mol. The van der Waals surface area contributed by atoms with Crippen molar-refractivity contribution in [2.45, 2.75) is 53.0 Å². The van der Waals surface area contributed by atoms with Crippen molar-refractivity contribution in [1.29, 1.82) is 0 Å². The Balaban J connectivity index is 0.000000206. The molecule has 0 aliphatic rings. The Hall–Kier alpha value is -7.24. The van der Waals surface area contributed by atoms with Crippen LogP contribution in [0.25, 0.3) is 32.7 Å². The van der Waals surface area contributed by atoms with E-state index < -0.39 is 23.1 Å². The molecule has 0 saturated carbocycles. The summed E-state index contributed by atoms with van der Waals surface area (Å²) in [7, 11) is -4.96. The number of H-pyrrole nitrogens is 2. The number of carbonyl (C=O) groups is 3. The molecule has 0 radical (unpaired) electrons. The van der Waals surface area contributed by atoms with Gasteiger partial charge in [-0.2, -0.15) is 0 Å². The number of nitrogen functional groups attached to an aromatic ring is 1. The molecule has 5 aromatic heterocycles. The lowest BCUT2D eigenvalue weighted by Crippen LogP contribution is -2.24. The summed E-state index contributed by atoms with van der Waals surface area (Å²) < 4.78 is 52.5. The fourth-order valence-electron chi connectivity index (χ4n) is 7.48. The smallest absolute Gasteiger partial charge is 0.356 e. The van der Waals surface area contributed by atoms with Gasteiger partial charge in [0.15, 0.2) is 0 Å². The van der Waals surface area contributed by atoms with E-state index in [0.29, 0.717) is 62.6 Å². The summed E-state index contributed by atoms with van der Waals surface area (Å²) >= 11 is 17.9. The number of fused-ring (bicyclic) bond motifs is 3. The topological polar surface area (TPSA) is 204 Å². The number of anilines is 1. The van der Waals surface area contributed by atoms with Crippen molar-refractivity contribution in [3.05, 3.63) is 188 Å². The number of ether oxygens (including phenoxy) is 2. The quantitative estimate of drug-likeness (QED) is 0.0902. The van der Waals surface area contributed by atoms with E-state index in [4.69, 9.17) is 51.4 Å². The van der Waals surface area contributed by atoms with Crippen molar-refractivity contribution in [2.75, 3.05) is 26.1 Å². The summed E-state index contributed by atoms with van der Waals surface area (Å²) in [5.41, 5.74) is 13.6. The Labute approximate surface area is 433 Å². The fraction of sp³-hybridized carbons (Fsp3) is 0.189. The Morgan fingerprint density at radius 1 is 0.778 bits per heavy atom. The van der Waals surface area contributed by atoms with E-state index in [9.17, 15) is 27.2 Å². The number of carbonyl (C=O) groups excluding carboxylic acids is 3. The molecular formula is C53H53Cl3FN7O7S. The van der Waals surface area contributed by atoms with E-state index in [2.05, 4.69) is 31.3 Å². The maximum absolute atomic E-state index is 13.0. The highest BCUT2D eigenvalue weighted by Gasteiger charge is 2.27. The predicted molar refractivity (Wildman–Crippen MR) is 285 cm³/mol. The highest BCUT2D eigenvalue weighted by Crippen LogP contribution is 2.29. The van der Waals surface area contributed by atoms with Gasteiger partial charge in [-0.15, -0.1) is 0 Å². The van der Waals surface area contributed by atoms with Crippen molar-refractivity contribution in [3.63, 3.8) is 0 Å². The third-order valence-corrected chi connectivity index (χ3v) is 13.1. The Bertz CT molecular complexity index is 3470. The number of esters is 2. The number of rotatable bonds is 11. The van der Waals surface area contributed by atoms with E-state index in [1.807, 2.05) is 50.2 Å². The maximum Gasteiger partial charge on any atom is 0.356 e. The SMILES string of the molecule is C.CCOC(=O)c1cc2cc(Cl)ccc2[nH]1.CCOC(=O)c1cc2cc(Cl)ccc2n1S(=O)(=O)c1ccccc1.Cc1cc(N)nc(C)c1CNC(=O)c1ccnc(Cc2cc3cc(Cl)ccc3[nH]2)c1.[2H]CF. The Morgan fingerprint density at radius 3 is 2.01 bits per heavy atom. The van der Waals surface area contributed by atoms with Gasteiger partial charge in [0.1, 0.15) is 17.2 Å². The first-order valence-corrected chi connectivity index (χ1v) is 24.4. The molecule has 9 aromatic rings. The van der Waals surface area contributed by atoms with Gasteiger partial charge in [-0.25, -0.2) is 27.0 Å². The van der Waals surface area contributed by atoms with Crippen LogP contribution >= 0.6 is 34.8 Å². The number of benzene rings is 4. The maximum atomic E-state index is 13.0. The van der Waals surface area contributed by atoms with Gasteiger partial charge in [0, 0.05) is 84.1 Å². The van der Waals surface area contributed by atoms with Gasteiger partial charge < -0.3 is 30.5 Å². The summed E-state index contributed by atoms with van der Waals surface area (Å²) in [6.07, 6.45) is 2.25. The van der Waals surface area contributed by atoms with E-state index in [1.165, 1.54) is 18.2 Å². The first-order chi connectivity index (χ1) is 34.4. The van der Waals surface area contributed by atoms with E-state index >= 15 is 0 Å². The van der Waals surface area contributed by atoms with Gasteiger partial charge in [-0.05, 0) is 142 Å². The number of pyridine rings is 2. The molecule has 0 saturated heterocycles. The number of aryl methyl sites for hydroxylation is 2. The zero-order valence-corrected chi connectivity index (χ0v) is 41.9. The van der Waals surface area contributed by atoms with Crippen LogP contribution in [0, 0.1) is 13.8 Å². The number of nitrogens with one attached hydrogen (secondary N) is 3. The standard InChI is InChI=1S/C23H22ClN5O.C17H14ClNO4S.C11H10ClNO2.CH3F.CH4/c1-13-7-22(25)28-14(2)20(13)12-27-23(30)15-5-6-26-18(9-15)11-19-10-16-8-17(24)3-4-21(16)29-19;1-2-23-17(20)16-11-12-10-13(18)8-9-15(12)19(16)24(21,22)14-6-4-3-5-7-14;1-2-15-11(14)10-6-7-5-8(12)3-4-9(7)13-10;1-2;/h3-10,29H,11-12H2,1-2H3,(H2,25,28)(H,27,30);3-11H,2H2,1H3;3-6,13H,2H2,1H3;1H3;1H4/i;;;1D;. The lowest BCUT2D eigenvalue weighted by atomic mass is 10.1. The molecule has 14 nitrogen and oxygen atoms in total. The average molecular weight is 1060 g/mol. The number of hydrogen-bond acceptors (Lipinski definition) is 10. The van der Waals surface area contributed by atoms with Crippen molar-refractivity contribution < 1.29 is 38.0 Å². The van der Waals surface area contributed by atoms with Crippen molar-refractivity contribution in [1.82, 2.24) is 29.2 Å². The van der Waals surface area contributed by atoms with Crippen LogP contribution in [0.1, 0.15) is 82.2 Å². The van der Waals surface area contributed by atoms with Crippen molar-refractivity contribution in [3.8, 4) is 0 Å². The van der Waals surface area contributed by atoms with Crippen LogP contribution in [-0.2, 0) is 32.5 Å². The third-order valence-electron chi connectivity index (χ3n) is 10.7.